The molecule has 28 heavy (non-hydrogen) atoms. The minimum absolute atomic E-state index is 0.0642. The van der Waals surface area contributed by atoms with Crippen molar-refractivity contribution in [3.05, 3.63) is 41.6 Å². The van der Waals surface area contributed by atoms with Crippen LogP contribution in [0.2, 0.25) is 0 Å². The molecule has 0 aliphatic heterocycles. The molecule has 2 heterocycles. The monoisotopic (exact) mass is 421 g/mol. The smallest absolute Gasteiger partial charge is 0.312 e. The van der Waals surface area contributed by atoms with Crippen LogP contribution in [0.1, 0.15) is 18.1 Å². The van der Waals surface area contributed by atoms with Crippen LogP contribution >= 0.6 is 0 Å². The van der Waals surface area contributed by atoms with Crippen molar-refractivity contribution in [2.75, 3.05) is 5.75 Å². The van der Waals surface area contributed by atoms with Gasteiger partial charge in [0.1, 0.15) is 11.3 Å². The molecule has 1 atom stereocenters. The predicted molar refractivity (Wildman–Crippen MR) is 90.9 cm³/mol. The molecule has 0 aliphatic rings. The summed E-state index contributed by atoms with van der Waals surface area (Å²) in [7, 11) is -0.276. The zero-order valence-corrected chi connectivity index (χ0v) is 15.3. The van der Waals surface area contributed by atoms with Crippen LogP contribution in [0.5, 0.6) is 0 Å². The molecule has 150 valence electrons. The van der Waals surface area contributed by atoms with Gasteiger partial charge in [0.25, 0.3) is 0 Å². The minimum Gasteiger partial charge on any atom is -0.312 e. The lowest BCUT2D eigenvalue weighted by Gasteiger charge is -2.13. The summed E-state index contributed by atoms with van der Waals surface area (Å²) in [5.41, 5.74) is -1.77. The fraction of sp³-hybridized carbons (Fsp3) is 0.294. The number of imidazole rings is 1. The van der Waals surface area contributed by atoms with Gasteiger partial charge in [0, 0.05) is 24.6 Å². The van der Waals surface area contributed by atoms with E-state index in [1.807, 2.05) is 0 Å². The van der Waals surface area contributed by atoms with Crippen LogP contribution in [0.25, 0.3) is 22.6 Å². The standard InChI is InChI=1S/C17H13F6N3OS/c1-3-28(27)13-7-9(16(18,19)20)4-5-11(13)14-25-12-6-10(17(21,22)23)8-24-15(12)26(14)2/h4-8H,3H2,1-2H3. The van der Waals surface area contributed by atoms with Gasteiger partial charge in [-0.2, -0.15) is 26.3 Å². The second-order valence-electron chi connectivity index (χ2n) is 5.90. The Bertz CT molecular complexity index is 1070. The van der Waals surface area contributed by atoms with Gasteiger partial charge in [-0.3, -0.25) is 4.21 Å². The van der Waals surface area contributed by atoms with Crippen molar-refractivity contribution in [3.8, 4) is 11.4 Å². The molecule has 0 fully saturated rings. The average molecular weight is 421 g/mol. The number of benzene rings is 1. The van der Waals surface area contributed by atoms with Crippen molar-refractivity contribution >= 4 is 22.0 Å². The van der Waals surface area contributed by atoms with E-state index < -0.39 is 34.3 Å². The van der Waals surface area contributed by atoms with Crippen molar-refractivity contribution < 1.29 is 30.6 Å². The number of hydrogen-bond acceptors (Lipinski definition) is 3. The Hall–Kier alpha value is -2.43. The normalized spacial score (nSPS) is 13.9. The van der Waals surface area contributed by atoms with E-state index in [1.54, 1.807) is 6.92 Å². The van der Waals surface area contributed by atoms with Gasteiger partial charge in [-0.15, -0.1) is 0 Å². The highest BCUT2D eigenvalue weighted by Crippen LogP contribution is 2.36. The molecule has 4 nitrogen and oxygen atoms in total. The molecular weight excluding hydrogens is 408 g/mol. The Morgan fingerprint density at radius 1 is 1.04 bits per heavy atom. The minimum atomic E-state index is -4.62. The SMILES string of the molecule is CCS(=O)c1cc(C(F)(F)F)ccc1-c1nc2cc(C(F)(F)F)cnc2n1C. The molecular formula is C17H13F6N3OS. The number of hydrogen-bond donors (Lipinski definition) is 0. The van der Waals surface area contributed by atoms with Gasteiger partial charge in [0.05, 0.1) is 26.8 Å². The Morgan fingerprint density at radius 2 is 1.68 bits per heavy atom. The zero-order chi connectivity index (χ0) is 20.9. The highest BCUT2D eigenvalue weighted by atomic mass is 32.2. The maximum atomic E-state index is 13.0. The van der Waals surface area contributed by atoms with Gasteiger partial charge in [-0.25, -0.2) is 9.97 Å². The van der Waals surface area contributed by atoms with Gasteiger partial charge in [-0.05, 0) is 24.3 Å². The Morgan fingerprint density at radius 3 is 2.25 bits per heavy atom. The quantitative estimate of drug-likeness (QED) is 0.571. The molecule has 1 aromatic carbocycles. The molecule has 0 bridgehead atoms. The lowest BCUT2D eigenvalue weighted by Crippen LogP contribution is -2.08. The second-order valence-corrected chi connectivity index (χ2v) is 7.61. The first kappa shape index (κ1) is 20.3. The number of halogens is 6. The van der Waals surface area contributed by atoms with Gasteiger partial charge < -0.3 is 4.57 Å². The molecule has 3 aromatic rings. The second kappa shape index (κ2) is 6.87. The van der Waals surface area contributed by atoms with E-state index in [9.17, 15) is 30.6 Å². The van der Waals surface area contributed by atoms with Crippen LogP contribution in [0, 0.1) is 0 Å². The maximum Gasteiger partial charge on any atom is 0.417 e. The van der Waals surface area contributed by atoms with Crippen LogP contribution in [0.15, 0.2) is 35.4 Å². The first-order chi connectivity index (χ1) is 12.9. The molecule has 0 spiro atoms. The fourth-order valence-electron chi connectivity index (χ4n) is 2.70. The molecule has 0 saturated heterocycles. The van der Waals surface area contributed by atoms with E-state index >= 15 is 0 Å². The van der Waals surface area contributed by atoms with Crippen LogP contribution < -0.4 is 0 Å². The molecule has 0 radical (unpaired) electrons. The first-order valence-corrected chi connectivity index (χ1v) is 9.25. The van der Waals surface area contributed by atoms with Crippen LogP contribution in [-0.2, 0) is 30.2 Å². The molecule has 11 heteroatoms. The molecule has 2 aromatic heterocycles. The van der Waals surface area contributed by atoms with Crippen LogP contribution in [-0.4, -0.2) is 24.5 Å². The van der Waals surface area contributed by atoms with Crippen LogP contribution in [0.4, 0.5) is 26.3 Å². The number of pyridine rings is 1. The van der Waals surface area contributed by atoms with E-state index in [4.69, 9.17) is 0 Å². The van der Waals surface area contributed by atoms with Gasteiger partial charge in [-0.1, -0.05) is 6.92 Å². The summed E-state index contributed by atoms with van der Waals surface area (Å²) < 4.78 is 91.5. The molecule has 0 aliphatic carbocycles. The van der Waals surface area contributed by atoms with E-state index in [0.29, 0.717) is 6.20 Å². The van der Waals surface area contributed by atoms with Crippen molar-refractivity contribution in [3.63, 3.8) is 0 Å². The number of aromatic nitrogens is 3. The molecule has 0 saturated carbocycles. The third-order valence-electron chi connectivity index (χ3n) is 4.09. The zero-order valence-electron chi connectivity index (χ0n) is 14.5. The Balaban J connectivity index is 2.24. The summed E-state index contributed by atoms with van der Waals surface area (Å²) in [5, 5.41) is 0. The summed E-state index contributed by atoms with van der Waals surface area (Å²) in [5.74, 6) is 0.140. The van der Waals surface area contributed by atoms with Crippen molar-refractivity contribution in [1.29, 1.82) is 0 Å². The van der Waals surface area contributed by atoms with Crippen molar-refractivity contribution in [2.24, 2.45) is 7.05 Å². The predicted octanol–water partition coefficient (Wildman–Crippen LogP) is 4.80. The summed E-state index contributed by atoms with van der Waals surface area (Å²) in [6.45, 7) is 1.55. The topological polar surface area (TPSA) is 47.8 Å². The van der Waals surface area contributed by atoms with E-state index in [0.717, 1.165) is 24.3 Å². The van der Waals surface area contributed by atoms with Crippen molar-refractivity contribution in [2.45, 2.75) is 24.2 Å². The highest BCUT2D eigenvalue weighted by molar-refractivity contribution is 7.85. The maximum absolute atomic E-state index is 13.0. The van der Waals surface area contributed by atoms with E-state index in [1.165, 1.54) is 11.6 Å². The highest BCUT2D eigenvalue weighted by Gasteiger charge is 2.33. The lowest BCUT2D eigenvalue weighted by atomic mass is 10.1. The number of fused-ring (bicyclic) bond motifs is 1. The number of rotatable bonds is 3. The number of nitrogens with zero attached hydrogens (tertiary/aromatic N) is 3. The summed E-state index contributed by atoms with van der Waals surface area (Å²) >= 11 is 0. The summed E-state index contributed by atoms with van der Waals surface area (Å²) in [6, 6.07) is 3.53. The Kier molecular flexibility index (Phi) is 4.98. The number of aryl methyl sites for hydroxylation is 1. The summed E-state index contributed by atoms with van der Waals surface area (Å²) in [4.78, 5) is 7.79. The molecule has 1 unspecified atom stereocenters. The van der Waals surface area contributed by atoms with E-state index in [-0.39, 0.29) is 33.2 Å². The Labute approximate surface area is 157 Å². The first-order valence-electron chi connectivity index (χ1n) is 7.93. The lowest BCUT2D eigenvalue weighted by molar-refractivity contribution is -0.138. The molecule has 0 amide bonds. The van der Waals surface area contributed by atoms with E-state index in [2.05, 4.69) is 9.97 Å². The third kappa shape index (κ3) is 3.62. The van der Waals surface area contributed by atoms with Gasteiger partial charge in [0.15, 0.2) is 5.65 Å². The van der Waals surface area contributed by atoms with Crippen LogP contribution in [0.3, 0.4) is 0 Å². The molecule has 3 rings (SSSR count). The van der Waals surface area contributed by atoms with Gasteiger partial charge >= 0.3 is 12.4 Å². The molecule has 0 N–H and O–H groups in total. The summed E-state index contributed by atoms with van der Waals surface area (Å²) in [6.07, 6.45) is -8.57. The van der Waals surface area contributed by atoms with Crippen molar-refractivity contribution in [1.82, 2.24) is 14.5 Å². The fourth-order valence-corrected chi connectivity index (χ4v) is 3.67. The van der Waals surface area contributed by atoms with Gasteiger partial charge in [0.2, 0.25) is 0 Å². The average Bonchev–Trinajstić information content (AvgIpc) is 2.95. The third-order valence-corrected chi connectivity index (χ3v) is 5.45. The number of alkyl halides is 6. The largest absolute Gasteiger partial charge is 0.417 e.